The maximum absolute atomic E-state index is 2.37. The number of aromatic nitrogens is 1. The van der Waals surface area contributed by atoms with E-state index in [1.165, 1.54) is 20.2 Å². The normalized spacial score (nSPS) is 10.8. The van der Waals surface area contributed by atoms with Gasteiger partial charge < -0.3 is 4.57 Å². The molecule has 0 atom stereocenters. The van der Waals surface area contributed by atoms with Crippen molar-refractivity contribution in [2.24, 2.45) is 0 Å². The minimum Gasteiger partial charge on any atom is -0.315 e. The first-order valence-electron chi connectivity index (χ1n) is 5.17. The van der Waals surface area contributed by atoms with Crippen LogP contribution in [0.2, 0.25) is 0 Å². The third-order valence-electron chi connectivity index (χ3n) is 2.71. The third-order valence-corrected chi connectivity index (χ3v) is 3.62. The van der Waals surface area contributed by atoms with Gasteiger partial charge in [0.25, 0.3) is 0 Å². The van der Waals surface area contributed by atoms with Crippen molar-refractivity contribution in [3.8, 4) is 5.69 Å². The SMILES string of the molecule is Ic1ccccc1-n1ccc2ccccc21. The van der Waals surface area contributed by atoms with Gasteiger partial charge in [0.05, 0.1) is 11.2 Å². The number of hydrogen-bond acceptors (Lipinski definition) is 0. The van der Waals surface area contributed by atoms with Gasteiger partial charge in [0.1, 0.15) is 0 Å². The summed E-state index contributed by atoms with van der Waals surface area (Å²) in [7, 11) is 0. The molecule has 0 amide bonds. The molecule has 0 aliphatic rings. The first-order valence-corrected chi connectivity index (χ1v) is 6.25. The fraction of sp³-hybridized carbons (Fsp3) is 0. The Morgan fingerprint density at radius 3 is 2.44 bits per heavy atom. The highest BCUT2D eigenvalue weighted by atomic mass is 127. The smallest absolute Gasteiger partial charge is 0.0589 e. The number of fused-ring (bicyclic) bond motifs is 1. The highest BCUT2D eigenvalue weighted by Gasteiger charge is 2.04. The van der Waals surface area contributed by atoms with E-state index >= 15 is 0 Å². The van der Waals surface area contributed by atoms with Crippen LogP contribution in [0.4, 0.5) is 0 Å². The highest BCUT2D eigenvalue weighted by molar-refractivity contribution is 14.1. The monoisotopic (exact) mass is 319 g/mol. The number of rotatable bonds is 1. The molecule has 0 saturated heterocycles. The summed E-state index contributed by atoms with van der Waals surface area (Å²) in [6.07, 6.45) is 2.13. The van der Waals surface area contributed by atoms with Crippen LogP contribution in [-0.4, -0.2) is 4.57 Å². The summed E-state index contributed by atoms with van der Waals surface area (Å²) in [4.78, 5) is 0. The molecule has 0 aliphatic carbocycles. The molecule has 3 rings (SSSR count). The molecule has 0 radical (unpaired) electrons. The van der Waals surface area contributed by atoms with Crippen molar-refractivity contribution in [3.05, 3.63) is 64.4 Å². The third kappa shape index (κ3) is 1.53. The molecule has 0 unspecified atom stereocenters. The topological polar surface area (TPSA) is 4.93 Å². The van der Waals surface area contributed by atoms with E-state index in [-0.39, 0.29) is 0 Å². The molecule has 2 aromatic carbocycles. The van der Waals surface area contributed by atoms with Crippen LogP contribution < -0.4 is 0 Å². The van der Waals surface area contributed by atoms with E-state index in [1.54, 1.807) is 0 Å². The lowest BCUT2D eigenvalue weighted by Gasteiger charge is -2.07. The van der Waals surface area contributed by atoms with E-state index in [1.807, 2.05) is 0 Å². The average Bonchev–Trinajstić information content (AvgIpc) is 2.74. The van der Waals surface area contributed by atoms with Crippen molar-refractivity contribution in [1.82, 2.24) is 4.57 Å². The van der Waals surface area contributed by atoms with Crippen molar-refractivity contribution >= 4 is 33.5 Å². The minimum absolute atomic E-state index is 1.24. The Balaban J connectivity index is 2.31. The van der Waals surface area contributed by atoms with Crippen LogP contribution in [0.25, 0.3) is 16.6 Å². The predicted molar refractivity (Wildman–Crippen MR) is 76.0 cm³/mol. The maximum atomic E-state index is 2.37. The summed E-state index contributed by atoms with van der Waals surface area (Å²) < 4.78 is 3.50. The maximum Gasteiger partial charge on any atom is 0.0589 e. The van der Waals surface area contributed by atoms with Gasteiger partial charge in [0.2, 0.25) is 0 Å². The molecule has 0 aliphatic heterocycles. The Labute approximate surface area is 108 Å². The van der Waals surface area contributed by atoms with Crippen LogP contribution in [-0.2, 0) is 0 Å². The molecule has 78 valence electrons. The van der Waals surface area contributed by atoms with Gasteiger partial charge in [0, 0.05) is 9.77 Å². The minimum atomic E-state index is 1.24. The number of nitrogens with zero attached hydrogens (tertiary/aromatic N) is 1. The summed E-state index contributed by atoms with van der Waals surface area (Å²) in [6, 6.07) is 19.0. The molecule has 2 heteroatoms. The van der Waals surface area contributed by atoms with Crippen molar-refractivity contribution in [3.63, 3.8) is 0 Å². The molecular weight excluding hydrogens is 309 g/mol. The molecular formula is C14H10IN. The van der Waals surface area contributed by atoms with E-state index < -0.39 is 0 Å². The summed E-state index contributed by atoms with van der Waals surface area (Å²) in [5.74, 6) is 0. The van der Waals surface area contributed by atoms with Gasteiger partial charge in [-0.3, -0.25) is 0 Å². The van der Waals surface area contributed by atoms with Crippen molar-refractivity contribution in [2.75, 3.05) is 0 Å². The Hall–Kier alpha value is -1.29. The van der Waals surface area contributed by atoms with Gasteiger partial charge in [0.15, 0.2) is 0 Å². The molecule has 3 aromatic rings. The van der Waals surface area contributed by atoms with Gasteiger partial charge in [-0.1, -0.05) is 30.3 Å². The molecule has 16 heavy (non-hydrogen) atoms. The van der Waals surface area contributed by atoms with Crippen molar-refractivity contribution in [1.29, 1.82) is 0 Å². The van der Waals surface area contributed by atoms with E-state index in [4.69, 9.17) is 0 Å². The summed E-state index contributed by atoms with van der Waals surface area (Å²) >= 11 is 2.37. The molecule has 0 saturated carbocycles. The zero-order valence-corrected chi connectivity index (χ0v) is 10.8. The fourth-order valence-electron chi connectivity index (χ4n) is 1.94. The van der Waals surface area contributed by atoms with Crippen LogP contribution in [0.1, 0.15) is 0 Å². The molecule has 0 N–H and O–H groups in total. The van der Waals surface area contributed by atoms with Gasteiger partial charge in [-0.25, -0.2) is 0 Å². The zero-order valence-electron chi connectivity index (χ0n) is 8.60. The Morgan fingerprint density at radius 2 is 1.56 bits per heavy atom. The fourth-order valence-corrected chi connectivity index (χ4v) is 2.59. The second kappa shape index (κ2) is 3.94. The zero-order chi connectivity index (χ0) is 11.0. The van der Waals surface area contributed by atoms with Crippen molar-refractivity contribution < 1.29 is 0 Å². The van der Waals surface area contributed by atoms with E-state index in [9.17, 15) is 0 Å². The molecule has 1 heterocycles. The van der Waals surface area contributed by atoms with Gasteiger partial charge in [-0.15, -0.1) is 0 Å². The number of halogens is 1. The van der Waals surface area contributed by atoms with E-state index in [0.29, 0.717) is 0 Å². The van der Waals surface area contributed by atoms with Crippen LogP contribution in [0.5, 0.6) is 0 Å². The Morgan fingerprint density at radius 1 is 0.812 bits per heavy atom. The molecule has 0 fully saturated rings. The number of hydrogen-bond donors (Lipinski definition) is 0. The van der Waals surface area contributed by atoms with E-state index in [0.717, 1.165) is 0 Å². The standard InChI is InChI=1S/C14H10IN/c15-12-6-2-4-8-14(12)16-10-9-11-5-1-3-7-13(11)16/h1-10H. The van der Waals surface area contributed by atoms with Crippen LogP contribution in [0.15, 0.2) is 60.8 Å². The lowest BCUT2D eigenvalue weighted by molar-refractivity contribution is 1.12. The lowest BCUT2D eigenvalue weighted by atomic mass is 10.2. The predicted octanol–water partition coefficient (Wildman–Crippen LogP) is 4.24. The van der Waals surface area contributed by atoms with Gasteiger partial charge in [-0.2, -0.15) is 0 Å². The molecule has 0 bridgehead atoms. The molecule has 1 nitrogen and oxygen atoms in total. The second-order valence-corrected chi connectivity index (χ2v) is 4.86. The summed E-state index contributed by atoms with van der Waals surface area (Å²) in [5, 5.41) is 1.28. The number of para-hydroxylation sites is 2. The van der Waals surface area contributed by atoms with Crippen LogP contribution in [0.3, 0.4) is 0 Å². The molecule has 0 spiro atoms. The first kappa shape index (κ1) is 9.90. The molecule has 1 aromatic heterocycles. The second-order valence-electron chi connectivity index (χ2n) is 3.70. The summed E-state index contributed by atoms with van der Waals surface area (Å²) in [6.45, 7) is 0. The van der Waals surface area contributed by atoms with Gasteiger partial charge >= 0.3 is 0 Å². The first-order chi connectivity index (χ1) is 7.86. The highest BCUT2D eigenvalue weighted by Crippen LogP contribution is 2.23. The Bertz CT molecular complexity index is 640. The van der Waals surface area contributed by atoms with E-state index in [2.05, 4.69) is 88.0 Å². The largest absolute Gasteiger partial charge is 0.315 e. The van der Waals surface area contributed by atoms with Crippen LogP contribution in [0, 0.1) is 3.57 Å². The van der Waals surface area contributed by atoms with Gasteiger partial charge in [-0.05, 0) is 52.2 Å². The number of benzene rings is 2. The van der Waals surface area contributed by atoms with Crippen molar-refractivity contribution in [2.45, 2.75) is 0 Å². The average molecular weight is 319 g/mol. The quantitative estimate of drug-likeness (QED) is 0.592. The Kier molecular flexibility index (Phi) is 2.44. The summed E-state index contributed by atoms with van der Waals surface area (Å²) in [5.41, 5.74) is 2.50. The lowest BCUT2D eigenvalue weighted by Crippen LogP contribution is -1.94. The van der Waals surface area contributed by atoms with Crippen LogP contribution >= 0.6 is 22.6 Å².